The Morgan fingerprint density at radius 1 is 1.17 bits per heavy atom. The van der Waals surface area contributed by atoms with Gasteiger partial charge in [-0.3, -0.25) is 9.78 Å². The van der Waals surface area contributed by atoms with E-state index in [1.807, 2.05) is 6.07 Å². The molecule has 3 nitrogen and oxygen atoms in total. The predicted molar refractivity (Wildman–Crippen MR) is 71.3 cm³/mol. The third kappa shape index (κ3) is 2.25. The van der Waals surface area contributed by atoms with Crippen molar-refractivity contribution in [3.8, 4) is 11.3 Å². The molecule has 0 spiro atoms. The van der Waals surface area contributed by atoms with Gasteiger partial charge in [0, 0.05) is 17.4 Å². The van der Waals surface area contributed by atoms with E-state index in [1.165, 1.54) is 18.4 Å². The van der Waals surface area contributed by atoms with Crippen LogP contribution in [0.4, 0.5) is 5.69 Å². The van der Waals surface area contributed by atoms with E-state index in [4.69, 9.17) is 0 Å². The molecule has 1 aromatic carbocycles. The number of carbonyl (C=O) groups is 1. The molecular weight excluding hydrogens is 224 g/mol. The Morgan fingerprint density at radius 3 is 2.61 bits per heavy atom. The summed E-state index contributed by atoms with van der Waals surface area (Å²) in [6.45, 7) is 0. The second-order valence-electron chi connectivity index (χ2n) is 4.59. The van der Waals surface area contributed by atoms with Gasteiger partial charge in [-0.25, -0.2) is 0 Å². The van der Waals surface area contributed by atoms with Crippen molar-refractivity contribution in [2.75, 3.05) is 5.32 Å². The van der Waals surface area contributed by atoms with Gasteiger partial charge in [0.15, 0.2) is 0 Å². The minimum absolute atomic E-state index is 0.676. The zero-order chi connectivity index (χ0) is 12.4. The highest BCUT2D eigenvalue weighted by Gasteiger charge is 2.22. The topological polar surface area (TPSA) is 42.0 Å². The van der Waals surface area contributed by atoms with E-state index >= 15 is 0 Å². The van der Waals surface area contributed by atoms with Crippen molar-refractivity contribution in [2.45, 2.75) is 18.8 Å². The quantitative estimate of drug-likeness (QED) is 0.831. The van der Waals surface area contributed by atoms with Gasteiger partial charge in [-0.15, -0.1) is 0 Å². The molecule has 1 aliphatic rings. The first-order chi connectivity index (χ1) is 8.86. The second kappa shape index (κ2) is 4.61. The summed E-state index contributed by atoms with van der Waals surface area (Å²) in [6, 6.07) is 12.2. The first-order valence-electron chi connectivity index (χ1n) is 6.13. The van der Waals surface area contributed by atoms with Gasteiger partial charge in [-0.1, -0.05) is 24.3 Å². The third-order valence-corrected chi connectivity index (χ3v) is 3.24. The number of hydrogen-bond acceptors (Lipinski definition) is 2. The van der Waals surface area contributed by atoms with Gasteiger partial charge >= 0.3 is 0 Å². The predicted octanol–water partition coefficient (Wildman–Crippen LogP) is 3.19. The van der Waals surface area contributed by atoms with Crippen molar-refractivity contribution in [3.63, 3.8) is 0 Å². The highest BCUT2D eigenvalue weighted by Crippen LogP contribution is 2.40. The van der Waals surface area contributed by atoms with Crippen molar-refractivity contribution < 1.29 is 4.79 Å². The molecule has 18 heavy (non-hydrogen) atoms. The number of carbonyl (C=O) groups excluding carboxylic acids is 1. The summed E-state index contributed by atoms with van der Waals surface area (Å²) in [4.78, 5) is 14.7. The maximum Gasteiger partial charge on any atom is 0.211 e. The highest BCUT2D eigenvalue weighted by molar-refractivity contribution is 5.74. The van der Waals surface area contributed by atoms with E-state index in [1.54, 1.807) is 12.3 Å². The minimum atomic E-state index is 0.676. The normalized spacial score (nSPS) is 14.2. The number of anilines is 1. The Labute approximate surface area is 106 Å². The molecule has 1 heterocycles. The van der Waals surface area contributed by atoms with Crippen LogP contribution in [-0.4, -0.2) is 11.4 Å². The third-order valence-electron chi connectivity index (χ3n) is 3.24. The number of amides is 1. The molecule has 2 aromatic rings. The second-order valence-corrected chi connectivity index (χ2v) is 4.59. The molecule has 0 unspecified atom stereocenters. The number of nitrogens with one attached hydrogen (secondary N) is 1. The van der Waals surface area contributed by atoms with Crippen LogP contribution in [0.15, 0.2) is 42.6 Å². The standard InChI is InChI=1S/C15H14N2O/c18-10-17-14-7-8-16-15(9-14)13-5-3-12(4-6-13)11-1-2-11/h3-11H,1-2H2,(H,16,17,18). The van der Waals surface area contributed by atoms with Crippen LogP contribution in [0.5, 0.6) is 0 Å². The van der Waals surface area contributed by atoms with Crippen molar-refractivity contribution in [2.24, 2.45) is 0 Å². The smallest absolute Gasteiger partial charge is 0.211 e. The van der Waals surface area contributed by atoms with Gasteiger partial charge in [0.05, 0.1) is 5.69 Å². The number of aromatic nitrogens is 1. The van der Waals surface area contributed by atoms with Crippen LogP contribution >= 0.6 is 0 Å². The molecular formula is C15H14N2O. The van der Waals surface area contributed by atoms with Crippen LogP contribution in [-0.2, 0) is 4.79 Å². The summed E-state index contributed by atoms with van der Waals surface area (Å²) < 4.78 is 0. The Hall–Kier alpha value is -2.16. The molecule has 1 saturated carbocycles. The molecule has 1 fully saturated rings. The van der Waals surface area contributed by atoms with Gasteiger partial charge in [-0.05, 0) is 36.5 Å². The lowest BCUT2D eigenvalue weighted by atomic mass is 10.1. The van der Waals surface area contributed by atoms with E-state index in [-0.39, 0.29) is 0 Å². The molecule has 1 aliphatic carbocycles. The van der Waals surface area contributed by atoms with E-state index < -0.39 is 0 Å². The van der Waals surface area contributed by atoms with Gasteiger partial charge in [-0.2, -0.15) is 0 Å². The summed E-state index contributed by atoms with van der Waals surface area (Å²) in [5.41, 5.74) is 4.14. The van der Waals surface area contributed by atoms with Gasteiger partial charge < -0.3 is 5.32 Å². The fourth-order valence-corrected chi connectivity index (χ4v) is 2.09. The maximum atomic E-state index is 10.4. The van der Waals surface area contributed by atoms with E-state index in [0.29, 0.717) is 6.41 Å². The van der Waals surface area contributed by atoms with Crippen LogP contribution in [0.25, 0.3) is 11.3 Å². The fraction of sp³-hybridized carbons (Fsp3) is 0.200. The number of hydrogen-bond donors (Lipinski definition) is 1. The Morgan fingerprint density at radius 2 is 1.94 bits per heavy atom. The fourth-order valence-electron chi connectivity index (χ4n) is 2.09. The lowest BCUT2D eigenvalue weighted by Crippen LogP contribution is -1.94. The Balaban J connectivity index is 1.88. The summed E-state index contributed by atoms with van der Waals surface area (Å²) in [7, 11) is 0. The van der Waals surface area contributed by atoms with Crippen LogP contribution in [0.2, 0.25) is 0 Å². The summed E-state index contributed by atoms with van der Waals surface area (Å²) >= 11 is 0. The van der Waals surface area contributed by atoms with E-state index in [9.17, 15) is 4.79 Å². The van der Waals surface area contributed by atoms with Gasteiger partial charge in [0.1, 0.15) is 0 Å². The summed E-state index contributed by atoms with van der Waals surface area (Å²) in [5.74, 6) is 0.773. The molecule has 0 radical (unpaired) electrons. The molecule has 1 amide bonds. The van der Waals surface area contributed by atoms with Crippen LogP contribution in [0.3, 0.4) is 0 Å². The maximum absolute atomic E-state index is 10.4. The zero-order valence-electron chi connectivity index (χ0n) is 9.97. The summed E-state index contributed by atoms with van der Waals surface area (Å²) in [6.07, 6.45) is 5.01. The molecule has 1 aromatic heterocycles. The zero-order valence-corrected chi connectivity index (χ0v) is 9.97. The summed E-state index contributed by atoms with van der Waals surface area (Å²) in [5, 5.41) is 2.64. The number of benzene rings is 1. The molecule has 3 rings (SSSR count). The van der Waals surface area contributed by atoms with Gasteiger partial charge in [0.25, 0.3) is 0 Å². The lowest BCUT2D eigenvalue weighted by Gasteiger charge is -2.05. The molecule has 0 aliphatic heterocycles. The monoisotopic (exact) mass is 238 g/mol. The van der Waals surface area contributed by atoms with Crippen molar-refractivity contribution in [1.82, 2.24) is 4.98 Å². The number of nitrogens with zero attached hydrogens (tertiary/aromatic N) is 1. The average molecular weight is 238 g/mol. The van der Waals surface area contributed by atoms with E-state index in [0.717, 1.165) is 22.9 Å². The SMILES string of the molecule is O=CNc1ccnc(-c2ccc(C3CC3)cc2)c1. The largest absolute Gasteiger partial charge is 0.329 e. The highest BCUT2D eigenvalue weighted by atomic mass is 16.1. The molecule has 0 saturated heterocycles. The lowest BCUT2D eigenvalue weighted by molar-refractivity contribution is -0.105. The van der Waals surface area contributed by atoms with Crippen molar-refractivity contribution >= 4 is 12.1 Å². The molecule has 90 valence electrons. The minimum Gasteiger partial charge on any atom is -0.329 e. The average Bonchev–Trinajstić information content (AvgIpc) is 3.24. The van der Waals surface area contributed by atoms with Crippen LogP contribution in [0.1, 0.15) is 24.3 Å². The Bertz CT molecular complexity index is 559. The van der Waals surface area contributed by atoms with Crippen molar-refractivity contribution in [3.05, 3.63) is 48.2 Å². The molecule has 0 bridgehead atoms. The number of rotatable bonds is 4. The molecule has 0 atom stereocenters. The van der Waals surface area contributed by atoms with Crippen molar-refractivity contribution in [1.29, 1.82) is 0 Å². The Kier molecular flexibility index (Phi) is 2.81. The number of pyridine rings is 1. The van der Waals surface area contributed by atoms with Gasteiger partial charge in [0.2, 0.25) is 6.41 Å². The molecule has 3 heteroatoms. The van der Waals surface area contributed by atoms with E-state index in [2.05, 4.69) is 34.6 Å². The van der Waals surface area contributed by atoms with Crippen LogP contribution < -0.4 is 5.32 Å². The molecule has 1 N–H and O–H groups in total. The van der Waals surface area contributed by atoms with Crippen LogP contribution in [0, 0.1) is 0 Å². The first-order valence-corrected chi connectivity index (χ1v) is 6.13. The first kappa shape index (κ1) is 11.0.